The lowest BCUT2D eigenvalue weighted by atomic mass is 10.1. The first-order chi connectivity index (χ1) is 16.9. The van der Waals surface area contributed by atoms with Gasteiger partial charge in [0, 0.05) is 36.7 Å². The summed E-state index contributed by atoms with van der Waals surface area (Å²) in [4.78, 5) is 9.17. The Kier molecular flexibility index (Phi) is 7.83. The van der Waals surface area contributed by atoms with Gasteiger partial charge in [-0.2, -0.15) is 0 Å². The lowest BCUT2D eigenvalue weighted by Crippen LogP contribution is -2.25. The summed E-state index contributed by atoms with van der Waals surface area (Å²) in [5.41, 5.74) is 3.51. The standard InChI is InChI=1S/C29H32N2O4/c1-21-26(20-34-27-18-23(14-16-30-27)33-17-15-29(2,3)32-4)31-25-13-9-8-12-24(25)28(21)35-19-22-10-6-5-7-11-22/h5-14,16,18H,15,17,19-20H2,1-4H3. The van der Waals surface area contributed by atoms with Crippen LogP contribution in [-0.2, 0) is 18.0 Å². The summed E-state index contributed by atoms with van der Waals surface area (Å²) in [6.07, 6.45) is 2.45. The topological polar surface area (TPSA) is 62.7 Å². The smallest absolute Gasteiger partial charge is 0.217 e. The first kappa shape index (κ1) is 24.5. The van der Waals surface area contributed by atoms with Gasteiger partial charge in [0.05, 0.1) is 23.4 Å². The van der Waals surface area contributed by atoms with Crippen molar-refractivity contribution in [3.63, 3.8) is 0 Å². The number of hydrogen-bond acceptors (Lipinski definition) is 6. The van der Waals surface area contributed by atoms with E-state index >= 15 is 0 Å². The van der Waals surface area contributed by atoms with Gasteiger partial charge in [0.25, 0.3) is 0 Å². The van der Waals surface area contributed by atoms with Gasteiger partial charge in [0.1, 0.15) is 24.7 Å². The van der Waals surface area contributed by atoms with Gasteiger partial charge < -0.3 is 18.9 Å². The van der Waals surface area contributed by atoms with Crippen molar-refractivity contribution >= 4 is 10.9 Å². The molecule has 0 bridgehead atoms. The molecular formula is C29H32N2O4. The molecule has 0 aliphatic heterocycles. The van der Waals surface area contributed by atoms with Gasteiger partial charge in [-0.1, -0.05) is 42.5 Å². The van der Waals surface area contributed by atoms with Crippen LogP contribution >= 0.6 is 0 Å². The van der Waals surface area contributed by atoms with Gasteiger partial charge in [-0.15, -0.1) is 0 Å². The zero-order valence-electron chi connectivity index (χ0n) is 20.8. The molecule has 4 aromatic rings. The molecule has 0 N–H and O–H groups in total. The lowest BCUT2D eigenvalue weighted by molar-refractivity contribution is 0.00543. The molecule has 4 rings (SSSR count). The summed E-state index contributed by atoms with van der Waals surface area (Å²) in [6, 6.07) is 21.7. The predicted molar refractivity (Wildman–Crippen MR) is 137 cm³/mol. The Bertz CT molecular complexity index is 1260. The number of methoxy groups -OCH3 is 1. The van der Waals surface area contributed by atoms with Crippen LogP contribution in [0.4, 0.5) is 0 Å². The third-order valence-corrected chi connectivity index (χ3v) is 5.99. The molecule has 6 heteroatoms. The Morgan fingerprint density at radius 1 is 0.857 bits per heavy atom. The number of ether oxygens (including phenoxy) is 4. The van der Waals surface area contributed by atoms with Crippen molar-refractivity contribution in [3.8, 4) is 17.4 Å². The number of fused-ring (bicyclic) bond motifs is 1. The van der Waals surface area contributed by atoms with Crippen LogP contribution in [0.25, 0.3) is 10.9 Å². The predicted octanol–water partition coefficient (Wildman–Crippen LogP) is 6.29. The number of hydrogen-bond donors (Lipinski definition) is 0. The van der Waals surface area contributed by atoms with E-state index in [1.54, 1.807) is 19.4 Å². The van der Waals surface area contributed by atoms with Crippen molar-refractivity contribution < 1.29 is 18.9 Å². The molecule has 0 saturated heterocycles. The molecule has 6 nitrogen and oxygen atoms in total. The van der Waals surface area contributed by atoms with Crippen molar-refractivity contribution in [2.75, 3.05) is 13.7 Å². The average Bonchev–Trinajstić information content (AvgIpc) is 2.88. The Morgan fingerprint density at radius 2 is 1.63 bits per heavy atom. The minimum absolute atomic E-state index is 0.230. The van der Waals surface area contributed by atoms with Gasteiger partial charge in [0.15, 0.2) is 0 Å². The van der Waals surface area contributed by atoms with Gasteiger partial charge in [-0.25, -0.2) is 9.97 Å². The highest BCUT2D eigenvalue weighted by atomic mass is 16.5. The fourth-order valence-electron chi connectivity index (χ4n) is 3.60. The number of rotatable bonds is 11. The quantitative estimate of drug-likeness (QED) is 0.256. The van der Waals surface area contributed by atoms with Crippen LogP contribution in [0.15, 0.2) is 72.9 Å². The Morgan fingerprint density at radius 3 is 2.43 bits per heavy atom. The van der Waals surface area contributed by atoms with E-state index in [-0.39, 0.29) is 12.2 Å². The van der Waals surface area contributed by atoms with Gasteiger partial charge in [-0.3, -0.25) is 0 Å². The molecule has 2 aromatic carbocycles. The maximum atomic E-state index is 6.29. The molecule has 0 radical (unpaired) electrons. The fraction of sp³-hybridized carbons (Fsp3) is 0.310. The summed E-state index contributed by atoms with van der Waals surface area (Å²) >= 11 is 0. The second kappa shape index (κ2) is 11.2. The number of pyridine rings is 2. The minimum Gasteiger partial charge on any atom is -0.493 e. The summed E-state index contributed by atoms with van der Waals surface area (Å²) < 4.78 is 23.6. The molecular weight excluding hydrogens is 440 g/mol. The van der Waals surface area contributed by atoms with E-state index in [0.29, 0.717) is 24.8 Å². The highest BCUT2D eigenvalue weighted by molar-refractivity contribution is 5.86. The Balaban J connectivity index is 1.48. The Hall–Kier alpha value is -3.64. The molecule has 0 aliphatic rings. The van der Waals surface area contributed by atoms with Crippen molar-refractivity contribution in [2.24, 2.45) is 0 Å². The monoisotopic (exact) mass is 472 g/mol. The number of benzene rings is 2. The molecule has 0 atom stereocenters. The second-order valence-corrected chi connectivity index (χ2v) is 8.98. The molecule has 0 fully saturated rings. The maximum absolute atomic E-state index is 6.29. The summed E-state index contributed by atoms with van der Waals surface area (Å²) in [7, 11) is 1.71. The first-order valence-corrected chi connectivity index (χ1v) is 11.8. The van der Waals surface area contributed by atoms with Gasteiger partial charge in [-0.05, 0) is 44.5 Å². The van der Waals surface area contributed by atoms with Crippen LogP contribution in [0, 0.1) is 6.92 Å². The van der Waals surface area contributed by atoms with E-state index in [0.717, 1.165) is 39.9 Å². The van der Waals surface area contributed by atoms with Crippen molar-refractivity contribution in [3.05, 3.63) is 89.7 Å². The van der Waals surface area contributed by atoms with Gasteiger partial charge >= 0.3 is 0 Å². The van der Waals surface area contributed by atoms with Crippen LogP contribution in [0.1, 0.15) is 37.1 Å². The third-order valence-electron chi connectivity index (χ3n) is 5.99. The average molecular weight is 473 g/mol. The summed E-state index contributed by atoms with van der Waals surface area (Å²) in [6.45, 7) is 7.38. The lowest BCUT2D eigenvalue weighted by Gasteiger charge is -2.22. The molecule has 0 aliphatic carbocycles. The number of aromatic nitrogens is 2. The highest BCUT2D eigenvalue weighted by Crippen LogP contribution is 2.31. The fourth-order valence-corrected chi connectivity index (χ4v) is 3.60. The molecule has 0 saturated carbocycles. The first-order valence-electron chi connectivity index (χ1n) is 11.8. The zero-order valence-corrected chi connectivity index (χ0v) is 20.8. The molecule has 2 heterocycles. The molecule has 0 spiro atoms. The van der Waals surface area contributed by atoms with Crippen molar-refractivity contribution in [1.29, 1.82) is 0 Å². The second-order valence-electron chi connectivity index (χ2n) is 8.98. The van der Waals surface area contributed by atoms with Crippen LogP contribution in [-0.4, -0.2) is 29.3 Å². The largest absolute Gasteiger partial charge is 0.493 e. The molecule has 182 valence electrons. The Labute approximate surface area is 206 Å². The van der Waals surface area contributed by atoms with Crippen LogP contribution < -0.4 is 14.2 Å². The SMILES string of the molecule is COC(C)(C)CCOc1ccnc(OCc2nc3ccccc3c(OCc3ccccc3)c2C)c1. The van der Waals surface area contributed by atoms with E-state index in [1.165, 1.54) is 0 Å². The van der Waals surface area contributed by atoms with Crippen molar-refractivity contribution in [2.45, 2.75) is 46.0 Å². The summed E-state index contributed by atoms with van der Waals surface area (Å²) in [5.74, 6) is 2.01. The molecule has 0 amide bonds. The number of para-hydroxylation sites is 1. The number of nitrogens with zero attached hydrogens (tertiary/aromatic N) is 2. The summed E-state index contributed by atoms with van der Waals surface area (Å²) in [5, 5.41) is 0.984. The van der Waals surface area contributed by atoms with E-state index in [4.69, 9.17) is 23.9 Å². The zero-order chi connectivity index (χ0) is 24.7. The minimum atomic E-state index is -0.230. The van der Waals surface area contributed by atoms with Gasteiger partial charge in [0.2, 0.25) is 5.88 Å². The van der Waals surface area contributed by atoms with Crippen LogP contribution in [0.3, 0.4) is 0 Å². The highest BCUT2D eigenvalue weighted by Gasteiger charge is 2.17. The normalized spacial score (nSPS) is 11.4. The van der Waals surface area contributed by atoms with E-state index in [1.807, 2.05) is 69.3 Å². The van der Waals surface area contributed by atoms with Crippen LogP contribution in [0.2, 0.25) is 0 Å². The third kappa shape index (κ3) is 6.49. The van der Waals surface area contributed by atoms with E-state index in [9.17, 15) is 0 Å². The molecule has 35 heavy (non-hydrogen) atoms. The molecule has 0 unspecified atom stereocenters. The van der Waals surface area contributed by atoms with Crippen molar-refractivity contribution in [1.82, 2.24) is 9.97 Å². The molecule has 2 aromatic heterocycles. The van der Waals surface area contributed by atoms with E-state index < -0.39 is 0 Å². The van der Waals surface area contributed by atoms with E-state index in [2.05, 4.69) is 17.1 Å². The van der Waals surface area contributed by atoms with Crippen LogP contribution in [0.5, 0.6) is 17.4 Å². The maximum Gasteiger partial charge on any atom is 0.217 e.